The van der Waals surface area contributed by atoms with Crippen molar-refractivity contribution in [3.8, 4) is 11.1 Å². The molecule has 0 N–H and O–H groups in total. The Morgan fingerprint density at radius 2 is 2.00 bits per heavy atom. The van der Waals surface area contributed by atoms with Crippen LogP contribution in [-0.4, -0.2) is 33.8 Å². The lowest BCUT2D eigenvalue weighted by Crippen LogP contribution is -2.34. The van der Waals surface area contributed by atoms with Crippen LogP contribution in [0.25, 0.3) is 16.8 Å². The van der Waals surface area contributed by atoms with Crippen LogP contribution in [0.1, 0.15) is 35.3 Å². The maximum absolute atomic E-state index is 14.9. The van der Waals surface area contributed by atoms with Crippen molar-refractivity contribution in [3.05, 3.63) is 68.4 Å². The molecule has 2 heterocycles. The maximum atomic E-state index is 14.9. The SMILES string of the molecule is CN(CC1CCC1)C(=O)c1ccc(-c2cccn3c(=O)c(Br)c(C(F)(F)F)nc23)cc1F. The second kappa shape index (κ2) is 8.31. The van der Waals surface area contributed by atoms with E-state index in [2.05, 4.69) is 20.9 Å². The second-order valence-electron chi connectivity index (χ2n) is 7.87. The highest BCUT2D eigenvalue weighted by Crippen LogP contribution is 2.34. The lowest BCUT2D eigenvalue weighted by molar-refractivity contribution is -0.141. The average Bonchev–Trinajstić information content (AvgIpc) is 2.71. The number of amides is 1. The summed E-state index contributed by atoms with van der Waals surface area (Å²) in [5.74, 6) is -0.838. The van der Waals surface area contributed by atoms with Gasteiger partial charge in [0.05, 0.1) is 5.56 Å². The minimum atomic E-state index is -4.85. The molecule has 0 aliphatic heterocycles. The van der Waals surface area contributed by atoms with Crippen molar-refractivity contribution in [2.75, 3.05) is 13.6 Å². The molecule has 2 aromatic heterocycles. The molecule has 5 nitrogen and oxygen atoms in total. The zero-order valence-electron chi connectivity index (χ0n) is 16.9. The lowest BCUT2D eigenvalue weighted by Gasteiger charge is -2.30. The monoisotopic (exact) mass is 511 g/mol. The normalized spacial score (nSPS) is 14.4. The third-order valence-corrected chi connectivity index (χ3v) is 6.40. The second-order valence-corrected chi connectivity index (χ2v) is 8.66. The van der Waals surface area contributed by atoms with Gasteiger partial charge in [0.2, 0.25) is 0 Å². The van der Waals surface area contributed by atoms with Gasteiger partial charge in [0, 0.05) is 25.4 Å². The van der Waals surface area contributed by atoms with Crippen LogP contribution in [-0.2, 0) is 6.18 Å². The van der Waals surface area contributed by atoms with Crippen molar-refractivity contribution < 1.29 is 22.4 Å². The fourth-order valence-electron chi connectivity index (χ4n) is 3.76. The molecular weight excluding hydrogens is 494 g/mol. The zero-order chi connectivity index (χ0) is 23.2. The Morgan fingerprint density at radius 3 is 2.59 bits per heavy atom. The molecule has 0 radical (unpaired) electrons. The Hall–Kier alpha value is -2.75. The molecule has 0 spiro atoms. The quantitative estimate of drug-likeness (QED) is 0.455. The molecule has 1 saturated carbocycles. The first-order valence-electron chi connectivity index (χ1n) is 9.91. The number of hydrogen-bond acceptors (Lipinski definition) is 3. The molecule has 0 bridgehead atoms. The van der Waals surface area contributed by atoms with E-state index in [4.69, 9.17) is 0 Å². The van der Waals surface area contributed by atoms with Crippen molar-refractivity contribution >= 4 is 27.5 Å². The molecule has 1 aliphatic carbocycles. The molecule has 1 amide bonds. The smallest absolute Gasteiger partial charge is 0.341 e. The molecular formula is C22H18BrF4N3O2. The Bertz CT molecular complexity index is 1270. The minimum Gasteiger partial charge on any atom is -0.341 e. The van der Waals surface area contributed by atoms with Crippen LogP contribution < -0.4 is 5.56 Å². The van der Waals surface area contributed by atoms with Gasteiger partial charge in [-0.15, -0.1) is 0 Å². The first-order chi connectivity index (χ1) is 15.1. The van der Waals surface area contributed by atoms with Gasteiger partial charge in [-0.1, -0.05) is 12.5 Å². The Balaban J connectivity index is 1.76. The van der Waals surface area contributed by atoms with Gasteiger partial charge >= 0.3 is 6.18 Å². The molecule has 1 aromatic carbocycles. The molecule has 0 atom stereocenters. The highest BCUT2D eigenvalue weighted by Gasteiger charge is 2.37. The molecule has 32 heavy (non-hydrogen) atoms. The van der Waals surface area contributed by atoms with E-state index in [9.17, 15) is 27.2 Å². The van der Waals surface area contributed by atoms with Crippen molar-refractivity contribution in [1.29, 1.82) is 0 Å². The summed E-state index contributed by atoms with van der Waals surface area (Å²) in [4.78, 5) is 30.2. The summed E-state index contributed by atoms with van der Waals surface area (Å²) in [5.41, 5.74) is -2.37. The van der Waals surface area contributed by atoms with E-state index in [0.717, 1.165) is 29.7 Å². The number of aromatic nitrogens is 2. The lowest BCUT2D eigenvalue weighted by atomic mass is 9.85. The summed E-state index contributed by atoms with van der Waals surface area (Å²) >= 11 is 2.68. The summed E-state index contributed by atoms with van der Waals surface area (Å²) < 4.78 is 55.2. The third kappa shape index (κ3) is 4.03. The molecule has 10 heteroatoms. The Morgan fingerprint density at radius 1 is 1.28 bits per heavy atom. The number of carbonyl (C=O) groups excluding carboxylic acids is 1. The van der Waals surface area contributed by atoms with Gasteiger partial charge in [-0.3, -0.25) is 14.0 Å². The minimum absolute atomic E-state index is 0.125. The Kier molecular flexibility index (Phi) is 5.83. The number of rotatable bonds is 4. The fourth-order valence-corrected chi connectivity index (χ4v) is 4.27. The summed E-state index contributed by atoms with van der Waals surface area (Å²) in [6.45, 7) is 0.547. The van der Waals surface area contributed by atoms with Gasteiger partial charge in [-0.25, -0.2) is 9.37 Å². The van der Waals surface area contributed by atoms with E-state index in [1.165, 1.54) is 35.4 Å². The molecule has 0 saturated heterocycles. The van der Waals surface area contributed by atoms with Crippen LogP contribution in [0.5, 0.6) is 0 Å². The van der Waals surface area contributed by atoms with Crippen molar-refractivity contribution in [2.24, 2.45) is 5.92 Å². The first-order valence-corrected chi connectivity index (χ1v) is 10.7. The van der Waals surface area contributed by atoms with Crippen LogP contribution in [0, 0.1) is 11.7 Å². The van der Waals surface area contributed by atoms with E-state index < -0.39 is 33.6 Å². The van der Waals surface area contributed by atoms with Gasteiger partial charge < -0.3 is 4.90 Å². The van der Waals surface area contributed by atoms with Crippen LogP contribution >= 0.6 is 15.9 Å². The topological polar surface area (TPSA) is 54.7 Å². The summed E-state index contributed by atoms with van der Waals surface area (Å²) in [6.07, 6.45) is -0.356. The van der Waals surface area contributed by atoms with E-state index >= 15 is 0 Å². The van der Waals surface area contributed by atoms with Crippen molar-refractivity contribution in [1.82, 2.24) is 14.3 Å². The van der Waals surface area contributed by atoms with Crippen molar-refractivity contribution in [3.63, 3.8) is 0 Å². The van der Waals surface area contributed by atoms with Gasteiger partial charge in [0.15, 0.2) is 5.69 Å². The maximum Gasteiger partial charge on any atom is 0.434 e. The molecule has 0 unspecified atom stereocenters. The van der Waals surface area contributed by atoms with Gasteiger partial charge in [0.1, 0.15) is 15.9 Å². The number of nitrogens with zero attached hydrogens (tertiary/aromatic N) is 3. The first kappa shape index (κ1) is 22.4. The molecule has 168 valence electrons. The molecule has 4 rings (SSSR count). The number of carbonyl (C=O) groups is 1. The fraction of sp³-hybridized carbons (Fsp3) is 0.318. The van der Waals surface area contributed by atoms with Gasteiger partial charge in [-0.05, 0) is 64.5 Å². The van der Waals surface area contributed by atoms with Crippen LogP contribution in [0.3, 0.4) is 0 Å². The molecule has 1 fully saturated rings. The zero-order valence-corrected chi connectivity index (χ0v) is 18.5. The summed E-state index contributed by atoms with van der Waals surface area (Å²) in [7, 11) is 1.62. The summed E-state index contributed by atoms with van der Waals surface area (Å²) in [5, 5.41) is 0. The number of pyridine rings is 1. The van der Waals surface area contributed by atoms with Crippen LogP contribution in [0.4, 0.5) is 17.6 Å². The largest absolute Gasteiger partial charge is 0.434 e. The van der Waals surface area contributed by atoms with E-state index in [1.54, 1.807) is 7.05 Å². The van der Waals surface area contributed by atoms with E-state index in [1.807, 2.05) is 0 Å². The van der Waals surface area contributed by atoms with Gasteiger partial charge in [0.25, 0.3) is 11.5 Å². The molecule has 3 aromatic rings. The average molecular weight is 512 g/mol. The number of fused-ring (bicyclic) bond motifs is 1. The van der Waals surface area contributed by atoms with E-state index in [-0.39, 0.29) is 22.3 Å². The predicted octanol–water partition coefficient (Wildman–Crippen LogP) is 5.15. The van der Waals surface area contributed by atoms with Crippen molar-refractivity contribution in [2.45, 2.75) is 25.4 Å². The van der Waals surface area contributed by atoms with Crippen LogP contribution in [0.15, 0.2) is 45.8 Å². The highest BCUT2D eigenvalue weighted by molar-refractivity contribution is 9.10. The predicted molar refractivity (Wildman–Crippen MR) is 114 cm³/mol. The Labute approximate surface area is 188 Å². The third-order valence-electron chi connectivity index (χ3n) is 5.68. The summed E-state index contributed by atoms with van der Waals surface area (Å²) in [6, 6.07) is 6.70. The number of hydrogen-bond donors (Lipinski definition) is 0. The van der Waals surface area contributed by atoms with Gasteiger partial charge in [-0.2, -0.15) is 13.2 Å². The number of benzene rings is 1. The van der Waals surface area contributed by atoms with Crippen LogP contribution in [0.2, 0.25) is 0 Å². The van der Waals surface area contributed by atoms with E-state index in [0.29, 0.717) is 12.5 Å². The number of halogens is 5. The molecule has 1 aliphatic rings. The standard InChI is InChI=1S/C22H18BrF4N3O2/c1-29(11-12-4-2-5-12)20(31)15-8-7-13(10-16(15)24)14-6-3-9-30-19(14)28-18(22(25,26)27)17(23)21(30)32/h3,6-10,12H,2,4-5,11H2,1H3. The number of alkyl halides is 3. The highest BCUT2D eigenvalue weighted by atomic mass is 79.9.